The van der Waals surface area contributed by atoms with Gasteiger partial charge >= 0.3 is 0 Å². The van der Waals surface area contributed by atoms with E-state index in [0.29, 0.717) is 5.92 Å². The fraction of sp³-hybridized carbons (Fsp3) is 0.333. The summed E-state index contributed by atoms with van der Waals surface area (Å²) in [5, 5.41) is 4.23. The Morgan fingerprint density at radius 1 is 1.30 bits per heavy atom. The first kappa shape index (κ1) is 13.9. The summed E-state index contributed by atoms with van der Waals surface area (Å²) in [7, 11) is 1.92. The number of nitrogens with zero attached hydrogens (tertiary/aromatic N) is 2. The standard InChI is InChI=1S/C15H16BrN3S/c1-9-13(17-2)18-14(10-6-7-10)19-15(9)20-12-5-3-4-11(16)8-12/h3-5,8,10H,6-7H2,1-2H3,(H,17,18,19). The average molecular weight is 350 g/mol. The molecule has 5 heteroatoms. The van der Waals surface area contributed by atoms with E-state index in [2.05, 4.69) is 45.3 Å². The summed E-state index contributed by atoms with van der Waals surface area (Å²) in [6, 6.07) is 8.30. The molecule has 2 aromatic rings. The van der Waals surface area contributed by atoms with Crippen molar-refractivity contribution >= 4 is 33.5 Å². The van der Waals surface area contributed by atoms with Gasteiger partial charge in [0.05, 0.1) is 0 Å². The van der Waals surface area contributed by atoms with Crippen molar-refractivity contribution in [2.45, 2.75) is 35.6 Å². The number of anilines is 1. The van der Waals surface area contributed by atoms with Gasteiger partial charge in [0.2, 0.25) is 0 Å². The van der Waals surface area contributed by atoms with E-state index in [1.807, 2.05) is 19.2 Å². The van der Waals surface area contributed by atoms with Gasteiger partial charge in [-0.3, -0.25) is 0 Å². The molecule has 0 bridgehead atoms. The van der Waals surface area contributed by atoms with Crippen molar-refractivity contribution < 1.29 is 0 Å². The lowest BCUT2D eigenvalue weighted by Gasteiger charge is -2.11. The molecular formula is C15H16BrN3S. The van der Waals surface area contributed by atoms with E-state index in [-0.39, 0.29) is 0 Å². The summed E-state index contributed by atoms with van der Waals surface area (Å²) in [5.41, 5.74) is 1.11. The fourth-order valence-corrected chi connectivity index (χ4v) is 3.52. The highest BCUT2D eigenvalue weighted by atomic mass is 79.9. The quantitative estimate of drug-likeness (QED) is 0.817. The van der Waals surface area contributed by atoms with Crippen LogP contribution in [0.3, 0.4) is 0 Å². The molecular weight excluding hydrogens is 334 g/mol. The van der Waals surface area contributed by atoms with Crippen LogP contribution in [0.1, 0.15) is 30.1 Å². The summed E-state index contributed by atoms with van der Waals surface area (Å²) in [6.45, 7) is 2.07. The Morgan fingerprint density at radius 3 is 2.75 bits per heavy atom. The fourth-order valence-electron chi connectivity index (χ4n) is 2.02. The van der Waals surface area contributed by atoms with Crippen LogP contribution in [0.2, 0.25) is 0 Å². The molecule has 1 saturated carbocycles. The lowest BCUT2D eigenvalue weighted by atomic mass is 10.3. The number of rotatable bonds is 4. The van der Waals surface area contributed by atoms with Crippen molar-refractivity contribution in [3.8, 4) is 0 Å². The van der Waals surface area contributed by atoms with Gasteiger partial charge in [0.1, 0.15) is 16.7 Å². The molecule has 0 aliphatic heterocycles. The molecule has 0 atom stereocenters. The lowest BCUT2D eigenvalue weighted by molar-refractivity contribution is 0.865. The maximum Gasteiger partial charge on any atom is 0.135 e. The van der Waals surface area contributed by atoms with Crippen LogP contribution in [-0.4, -0.2) is 17.0 Å². The zero-order chi connectivity index (χ0) is 14.1. The Labute approximate surface area is 131 Å². The van der Waals surface area contributed by atoms with Gasteiger partial charge < -0.3 is 5.32 Å². The third-order valence-corrected chi connectivity index (χ3v) is 4.88. The molecule has 3 nitrogen and oxygen atoms in total. The monoisotopic (exact) mass is 349 g/mol. The molecule has 0 spiro atoms. The molecule has 20 heavy (non-hydrogen) atoms. The molecule has 1 fully saturated rings. The van der Waals surface area contributed by atoms with Crippen molar-refractivity contribution in [2.75, 3.05) is 12.4 Å². The Balaban J connectivity index is 1.97. The van der Waals surface area contributed by atoms with Gasteiger partial charge in [0.15, 0.2) is 0 Å². The summed E-state index contributed by atoms with van der Waals surface area (Å²) >= 11 is 5.21. The minimum atomic E-state index is 0.560. The SMILES string of the molecule is CNc1nc(C2CC2)nc(Sc2cccc(Br)c2)c1C. The van der Waals surface area contributed by atoms with Gasteiger partial charge in [-0.1, -0.05) is 33.8 Å². The van der Waals surface area contributed by atoms with E-state index >= 15 is 0 Å². The number of nitrogens with one attached hydrogen (secondary N) is 1. The van der Waals surface area contributed by atoms with Crippen molar-refractivity contribution in [2.24, 2.45) is 0 Å². The second-order valence-electron chi connectivity index (χ2n) is 4.94. The predicted molar refractivity (Wildman–Crippen MR) is 86.6 cm³/mol. The van der Waals surface area contributed by atoms with Crippen LogP contribution >= 0.6 is 27.7 Å². The summed E-state index contributed by atoms with van der Waals surface area (Å²) < 4.78 is 1.09. The first-order chi connectivity index (χ1) is 9.67. The predicted octanol–water partition coefficient (Wildman–Crippen LogP) is 4.62. The molecule has 1 aliphatic rings. The van der Waals surface area contributed by atoms with E-state index in [9.17, 15) is 0 Å². The second-order valence-corrected chi connectivity index (χ2v) is 6.92. The van der Waals surface area contributed by atoms with E-state index in [4.69, 9.17) is 4.98 Å². The molecule has 1 heterocycles. The lowest BCUT2D eigenvalue weighted by Crippen LogP contribution is -2.04. The normalized spacial score (nSPS) is 14.3. The Kier molecular flexibility index (Phi) is 3.98. The number of benzene rings is 1. The number of hydrogen-bond donors (Lipinski definition) is 1. The highest BCUT2D eigenvalue weighted by Gasteiger charge is 2.28. The first-order valence-electron chi connectivity index (χ1n) is 6.67. The van der Waals surface area contributed by atoms with Gasteiger partial charge in [0, 0.05) is 27.9 Å². The maximum atomic E-state index is 4.76. The minimum Gasteiger partial charge on any atom is -0.373 e. The summed E-state index contributed by atoms with van der Waals surface area (Å²) in [5.74, 6) is 2.49. The van der Waals surface area contributed by atoms with Crippen LogP contribution in [0.5, 0.6) is 0 Å². The molecule has 3 rings (SSSR count). The van der Waals surface area contributed by atoms with Crippen LogP contribution in [0.25, 0.3) is 0 Å². The molecule has 1 aromatic heterocycles. The third kappa shape index (κ3) is 2.99. The van der Waals surface area contributed by atoms with Crippen LogP contribution in [0.4, 0.5) is 5.82 Å². The van der Waals surface area contributed by atoms with Gasteiger partial charge in [-0.2, -0.15) is 0 Å². The third-order valence-electron chi connectivity index (χ3n) is 3.31. The van der Waals surface area contributed by atoms with E-state index in [1.54, 1.807) is 11.8 Å². The van der Waals surface area contributed by atoms with Gasteiger partial charge in [-0.25, -0.2) is 9.97 Å². The van der Waals surface area contributed by atoms with Crippen LogP contribution in [0, 0.1) is 6.92 Å². The Morgan fingerprint density at radius 2 is 2.10 bits per heavy atom. The minimum absolute atomic E-state index is 0.560. The Bertz CT molecular complexity index is 641. The van der Waals surface area contributed by atoms with Gasteiger partial charge in [0.25, 0.3) is 0 Å². The van der Waals surface area contributed by atoms with Gasteiger partial charge in [-0.05, 0) is 38.0 Å². The zero-order valence-corrected chi connectivity index (χ0v) is 13.9. The average Bonchev–Trinajstić information content (AvgIpc) is 3.25. The number of halogens is 1. The van der Waals surface area contributed by atoms with Gasteiger partial charge in [-0.15, -0.1) is 0 Å². The van der Waals surface area contributed by atoms with E-state index in [1.165, 1.54) is 17.7 Å². The molecule has 1 aliphatic carbocycles. The molecule has 0 unspecified atom stereocenters. The van der Waals surface area contributed by atoms with E-state index in [0.717, 1.165) is 26.7 Å². The topological polar surface area (TPSA) is 37.8 Å². The number of hydrogen-bond acceptors (Lipinski definition) is 4. The van der Waals surface area contributed by atoms with Crippen molar-refractivity contribution in [3.05, 3.63) is 40.1 Å². The first-order valence-corrected chi connectivity index (χ1v) is 8.28. The zero-order valence-electron chi connectivity index (χ0n) is 11.5. The van der Waals surface area contributed by atoms with Crippen LogP contribution in [0.15, 0.2) is 38.7 Å². The molecule has 0 amide bonds. The maximum absolute atomic E-state index is 4.76. The molecule has 1 aromatic carbocycles. The summed E-state index contributed by atoms with van der Waals surface area (Å²) in [4.78, 5) is 10.6. The molecule has 0 saturated heterocycles. The molecule has 104 valence electrons. The molecule has 1 N–H and O–H groups in total. The summed E-state index contributed by atoms with van der Waals surface area (Å²) in [6.07, 6.45) is 2.43. The van der Waals surface area contributed by atoms with Crippen molar-refractivity contribution in [1.82, 2.24) is 9.97 Å². The highest BCUT2D eigenvalue weighted by Crippen LogP contribution is 2.41. The number of aromatic nitrogens is 2. The van der Waals surface area contributed by atoms with Crippen LogP contribution in [-0.2, 0) is 0 Å². The highest BCUT2D eigenvalue weighted by molar-refractivity contribution is 9.10. The van der Waals surface area contributed by atoms with Crippen LogP contribution < -0.4 is 5.32 Å². The van der Waals surface area contributed by atoms with Crippen molar-refractivity contribution in [3.63, 3.8) is 0 Å². The largest absolute Gasteiger partial charge is 0.373 e. The Hall–Kier alpha value is -1.07. The second kappa shape index (κ2) is 5.74. The van der Waals surface area contributed by atoms with Crippen molar-refractivity contribution in [1.29, 1.82) is 0 Å². The van der Waals surface area contributed by atoms with E-state index < -0.39 is 0 Å². The smallest absolute Gasteiger partial charge is 0.135 e. The molecule has 0 radical (unpaired) electrons.